The molecule has 2 rings (SSSR count). The summed E-state index contributed by atoms with van der Waals surface area (Å²) in [7, 11) is 5.29. The Hall–Kier alpha value is -2.01. The fourth-order valence-corrected chi connectivity index (χ4v) is 2.34. The summed E-state index contributed by atoms with van der Waals surface area (Å²) in [4.78, 5) is 0. The second kappa shape index (κ2) is 7.13. The van der Waals surface area contributed by atoms with Crippen LogP contribution in [0.5, 0.6) is 11.5 Å². The molecule has 21 heavy (non-hydrogen) atoms. The third-order valence-electron chi connectivity index (χ3n) is 3.58. The highest BCUT2D eigenvalue weighted by Crippen LogP contribution is 2.28. The normalized spacial score (nSPS) is 12.2. The molecule has 1 heterocycles. The summed E-state index contributed by atoms with van der Waals surface area (Å²) in [5.74, 6) is 1.60. The lowest BCUT2D eigenvalue weighted by molar-refractivity contribution is 0.392. The second-order valence-corrected chi connectivity index (χ2v) is 4.90. The first-order valence-electron chi connectivity index (χ1n) is 7.11. The van der Waals surface area contributed by atoms with Crippen molar-refractivity contribution in [3.05, 3.63) is 41.7 Å². The molecule has 5 nitrogen and oxygen atoms in total. The van der Waals surface area contributed by atoms with Crippen molar-refractivity contribution in [2.45, 2.75) is 25.9 Å². The number of nitrogens with zero attached hydrogens (tertiary/aromatic N) is 2. The van der Waals surface area contributed by atoms with Crippen LogP contribution in [0.2, 0.25) is 0 Å². The van der Waals surface area contributed by atoms with E-state index in [1.807, 2.05) is 36.1 Å². The van der Waals surface area contributed by atoms with E-state index < -0.39 is 0 Å². The zero-order chi connectivity index (χ0) is 15.2. The van der Waals surface area contributed by atoms with Crippen molar-refractivity contribution in [1.29, 1.82) is 0 Å². The lowest BCUT2D eigenvalue weighted by Gasteiger charge is -2.18. The Morgan fingerprint density at radius 3 is 2.33 bits per heavy atom. The topological polar surface area (TPSA) is 48.3 Å². The molecule has 2 aromatic rings. The average molecular weight is 289 g/mol. The number of ether oxygens (including phenoxy) is 2. The molecule has 5 heteroatoms. The average Bonchev–Trinajstić information content (AvgIpc) is 2.99. The van der Waals surface area contributed by atoms with Gasteiger partial charge in [0.25, 0.3) is 0 Å². The number of hydrogen-bond donors (Lipinski definition) is 1. The van der Waals surface area contributed by atoms with Gasteiger partial charge in [0.05, 0.1) is 20.4 Å². The van der Waals surface area contributed by atoms with Crippen LogP contribution in [-0.4, -0.2) is 31.0 Å². The van der Waals surface area contributed by atoms with E-state index in [1.54, 1.807) is 14.2 Å². The van der Waals surface area contributed by atoms with E-state index in [0.29, 0.717) is 0 Å². The third-order valence-corrected chi connectivity index (χ3v) is 3.58. The molecule has 0 saturated carbocycles. The predicted molar refractivity (Wildman–Crippen MR) is 83.0 cm³/mol. The largest absolute Gasteiger partial charge is 0.497 e. The molecule has 1 aromatic carbocycles. The Morgan fingerprint density at radius 1 is 1.19 bits per heavy atom. The number of aryl methyl sites for hydroxylation is 1. The van der Waals surface area contributed by atoms with Crippen molar-refractivity contribution < 1.29 is 9.47 Å². The van der Waals surface area contributed by atoms with E-state index in [4.69, 9.17) is 9.47 Å². The summed E-state index contributed by atoms with van der Waals surface area (Å²) in [6, 6.07) is 6.14. The van der Waals surface area contributed by atoms with Gasteiger partial charge < -0.3 is 14.8 Å². The fourth-order valence-electron chi connectivity index (χ4n) is 2.34. The predicted octanol–water partition coefficient (Wildman–Crippen LogP) is 2.42. The molecule has 1 atom stereocenters. The van der Waals surface area contributed by atoms with Gasteiger partial charge in [-0.25, -0.2) is 0 Å². The molecule has 0 spiro atoms. The first-order chi connectivity index (χ1) is 10.2. The van der Waals surface area contributed by atoms with Gasteiger partial charge in [-0.05, 0) is 43.7 Å². The molecular weight excluding hydrogens is 266 g/mol. The highest BCUT2D eigenvalue weighted by Gasteiger charge is 2.14. The van der Waals surface area contributed by atoms with Gasteiger partial charge in [0.1, 0.15) is 11.5 Å². The summed E-state index contributed by atoms with van der Waals surface area (Å²) in [5, 5.41) is 7.67. The monoisotopic (exact) mass is 289 g/mol. The summed E-state index contributed by atoms with van der Waals surface area (Å²) >= 11 is 0. The number of aromatic nitrogens is 2. The van der Waals surface area contributed by atoms with E-state index in [0.717, 1.165) is 30.0 Å². The van der Waals surface area contributed by atoms with Gasteiger partial charge in [0.15, 0.2) is 0 Å². The zero-order valence-electron chi connectivity index (χ0n) is 13.1. The Morgan fingerprint density at radius 2 is 1.86 bits per heavy atom. The van der Waals surface area contributed by atoms with E-state index in [1.165, 1.54) is 5.56 Å². The highest BCUT2D eigenvalue weighted by atomic mass is 16.5. The molecular formula is C16H23N3O2. The number of benzene rings is 1. The standard InChI is InChI=1S/C16H23N3O2/c1-5-19-11-12(10-18-19)6-16(17-2)13-7-14(20-3)9-15(8-13)21-4/h7-11,16-17H,5-6H2,1-4H3. The van der Waals surface area contributed by atoms with Gasteiger partial charge >= 0.3 is 0 Å². The molecule has 0 aliphatic heterocycles. The van der Waals surface area contributed by atoms with Crippen LogP contribution in [-0.2, 0) is 13.0 Å². The molecule has 1 unspecified atom stereocenters. The number of likely N-dealkylation sites (N-methyl/N-ethyl adjacent to an activating group) is 1. The van der Waals surface area contributed by atoms with E-state index >= 15 is 0 Å². The van der Waals surface area contributed by atoms with E-state index in [-0.39, 0.29) is 6.04 Å². The molecule has 0 bridgehead atoms. The number of nitrogens with one attached hydrogen (secondary N) is 1. The van der Waals surface area contributed by atoms with Crippen LogP contribution >= 0.6 is 0 Å². The molecule has 0 fully saturated rings. The zero-order valence-corrected chi connectivity index (χ0v) is 13.1. The minimum atomic E-state index is 0.184. The van der Waals surface area contributed by atoms with Crippen molar-refractivity contribution in [3.63, 3.8) is 0 Å². The molecule has 0 amide bonds. The minimum absolute atomic E-state index is 0.184. The van der Waals surface area contributed by atoms with E-state index in [2.05, 4.69) is 23.5 Å². The summed E-state index contributed by atoms with van der Waals surface area (Å²) in [6.45, 7) is 2.97. The fraction of sp³-hybridized carbons (Fsp3) is 0.438. The van der Waals surface area contributed by atoms with Crippen molar-refractivity contribution >= 4 is 0 Å². The van der Waals surface area contributed by atoms with Crippen molar-refractivity contribution in [3.8, 4) is 11.5 Å². The maximum Gasteiger partial charge on any atom is 0.122 e. The number of hydrogen-bond acceptors (Lipinski definition) is 4. The number of methoxy groups -OCH3 is 2. The van der Waals surface area contributed by atoms with Crippen LogP contribution in [0, 0.1) is 0 Å². The van der Waals surface area contributed by atoms with Gasteiger partial charge in [-0.2, -0.15) is 5.10 Å². The van der Waals surface area contributed by atoms with Gasteiger partial charge in [-0.15, -0.1) is 0 Å². The van der Waals surface area contributed by atoms with Gasteiger partial charge in [-0.1, -0.05) is 0 Å². The Bertz CT molecular complexity index is 558. The highest BCUT2D eigenvalue weighted by molar-refractivity contribution is 5.40. The first kappa shape index (κ1) is 15.4. The second-order valence-electron chi connectivity index (χ2n) is 4.90. The minimum Gasteiger partial charge on any atom is -0.497 e. The molecule has 0 aliphatic rings. The summed E-state index contributed by atoms with van der Waals surface area (Å²) in [5.41, 5.74) is 2.34. The molecule has 1 aromatic heterocycles. The van der Waals surface area contributed by atoms with E-state index in [9.17, 15) is 0 Å². The van der Waals surface area contributed by atoms with Crippen LogP contribution in [0.1, 0.15) is 24.1 Å². The maximum atomic E-state index is 5.34. The third kappa shape index (κ3) is 3.76. The number of rotatable bonds is 7. The molecule has 114 valence electrons. The quantitative estimate of drug-likeness (QED) is 0.850. The van der Waals surface area contributed by atoms with Crippen molar-refractivity contribution in [1.82, 2.24) is 15.1 Å². The summed E-state index contributed by atoms with van der Waals surface area (Å²) < 4.78 is 12.6. The summed E-state index contributed by atoms with van der Waals surface area (Å²) in [6.07, 6.45) is 4.87. The smallest absolute Gasteiger partial charge is 0.122 e. The van der Waals surface area contributed by atoms with Crippen LogP contribution in [0.15, 0.2) is 30.6 Å². The SMILES string of the molecule is CCn1cc(CC(NC)c2cc(OC)cc(OC)c2)cn1. The Balaban J connectivity index is 2.23. The Kier molecular flexibility index (Phi) is 5.22. The lowest BCUT2D eigenvalue weighted by Crippen LogP contribution is -2.18. The molecule has 1 N–H and O–H groups in total. The van der Waals surface area contributed by atoms with Crippen molar-refractivity contribution in [2.24, 2.45) is 0 Å². The molecule has 0 saturated heterocycles. The van der Waals surface area contributed by atoms with Gasteiger partial charge in [-0.3, -0.25) is 4.68 Å². The maximum absolute atomic E-state index is 5.34. The molecule has 0 radical (unpaired) electrons. The van der Waals surface area contributed by atoms with Crippen LogP contribution in [0.25, 0.3) is 0 Å². The lowest BCUT2D eigenvalue weighted by atomic mass is 10.0. The van der Waals surface area contributed by atoms with Gasteiger partial charge in [0.2, 0.25) is 0 Å². The first-order valence-corrected chi connectivity index (χ1v) is 7.11. The van der Waals surface area contributed by atoms with Crippen LogP contribution in [0.4, 0.5) is 0 Å². The van der Waals surface area contributed by atoms with Crippen LogP contribution < -0.4 is 14.8 Å². The molecule has 0 aliphatic carbocycles. The van der Waals surface area contributed by atoms with Gasteiger partial charge in [0, 0.05) is 24.8 Å². The van der Waals surface area contributed by atoms with Crippen molar-refractivity contribution in [2.75, 3.05) is 21.3 Å². The van der Waals surface area contributed by atoms with Crippen LogP contribution in [0.3, 0.4) is 0 Å². The Labute approximate surface area is 125 Å².